The van der Waals surface area contributed by atoms with Crippen molar-refractivity contribution in [2.45, 2.75) is 13.3 Å². The smallest absolute Gasteiger partial charge is 0.193 e. The maximum atomic E-state index is 13.1. The molecule has 92 valence electrons. The van der Waals surface area contributed by atoms with Crippen molar-refractivity contribution >= 4 is 5.78 Å². The summed E-state index contributed by atoms with van der Waals surface area (Å²) in [4.78, 5) is 16.1. The molecule has 2 rings (SSSR count). The van der Waals surface area contributed by atoms with Crippen LogP contribution in [0.5, 0.6) is 0 Å². The summed E-state index contributed by atoms with van der Waals surface area (Å²) in [5.41, 5.74) is 1.19. The van der Waals surface area contributed by atoms with Gasteiger partial charge in [-0.3, -0.25) is 9.78 Å². The van der Waals surface area contributed by atoms with Crippen LogP contribution in [0.4, 0.5) is 8.78 Å². The van der Waals surface area contributed by atoms with Gasteiger partial charge in [-0.15, -0.1) is 0 Å². The van der Waals surface area contributed by atoms with E-state index in [0.29, 0.717) is 12.0 Å². The summed E-state index contributed by atoms with van der Waals surface area (Å²) < 4.78 is 26.2. The summed E-state index contributed by atoms with van der Waals surface area (Å²) in [5.74, 6) is -1.91. The SMILES string of the molecule is CCc1cnccc1C(=O)c1cc(F)cc(F)c1. The number of hydrogen-bond acceptors (Lipinski definition) is 2. The minimum Gasteiger partial charge on any atom is -0.289 e. The number of halogens is 2. The van der Waals surface area contributed by atoms with Gasteiger partial charge in [-0.25, -0.2) is 8.78 Å². The van der Waals surface area contributed by atoms with Crippen LogP contribution in [0.3, 0.4) is 0 Å². The molecule has 0 aliphatic heterocycles. The second kappa shape index (κ2) is 5.04. The molecule has 0 atom stereocenters. The number of carbonyl (C=O) groups excluding carboxylic acids is 1. The van der Waals surface area contributed by atoms with E-state index in [1.807, 2.05) is 6.92 Å². The summed E-state index contributed by atoms with van der Waals surface area (Å²) >= 11 is 0. The summed E-state index contributed by atoms with van der Waals surface area (Å²) in [5, 5.41) is 0. The molecule has 0 amide bonds. The lowest BCUT2D eigenvalue weighted by molar-refractivity contribution is 0.103. The molecule has 1 aromatic heterocycles. The predicted octanol–water partition coefficient (Wildman–Crippen LogP) is 3.15. The Morgan fingerprint density at radius 3 is 2.50 bits per heavy atom. The molecule has 2 nitrogen and oxygen atoms in total. The molecule has 0 bridgehead atoms. The predicted molar refractivity (Wildman–Crippen MR) is 63.4 cm³/mol. The average molecular weight is 247 g/mol. The van der Waals surface area contributed by atoms with Gasteiger partial charge in [0.25, 0.3) is 0 Å². The van der Waals surface area contributed by atoms with Gasteiger partial charge >= 0.3 is 0 Å². The monoisotopic (exact) mass is 247 g/mol. The molecule has 0 N–H and O–H groups in total. The first-order valence-corrected chi connectivity index (χ1v) is 5.55. The van der Waals surface area contributed by atoms with E-state index in [0.717, 1.165) is 23.8 Å². The van der Waals surface area contributed by atoms with E-state index >= 15 is 0 Å². The maximum absolute atomic E-state index is 13.1. The highest BCUT2D eigenvalue weighted by molar-refractivity contribution is 6.09. The summed E-state index contributed by atoms with van der Waals surface area (Å²) in [6.07, 6.45) is 3.71. The van der Waals surface area contributed by atoms with Crippen LogP contribution in [0.1, 0.15) is 28.4 Å². The second-order valence-corrected chi connectivity index (χ2v) is 3.87. The highest BCUT2D eigenvalue weighted by Crippen LogP contribution is 2.16. The van der Waals surface area contributed by atoms with Crippen LogP contribution in [0.2, 0.25) is 0 Å². The van der Waals surface area contributed by atoms with Gasteiger partial charge in [-0.05, 0) is 30.2 Å². The van der Waals surface area contributed by atoms with Crippen molar-refractivity contribution in [3.05, 3.63) is 65.0 Å². The normalized spacial score (nSPS) is 10.4. The molecule has 0 aliphatic carbocycles. The van der Waals surface area contributed by atoms with Gasteiger partial charge in [-0.1, -0.05) is 6.92 Å². The first-order valence-electron chi connectivity index (χ1n) is 5.55. The second-order valence-electron chi connectivity index (χ2n) is 3.87. The lowest BCUT2D eigenvalue weighted by Gasteiger charge is -2.06. The van der Waals surface area contributed by atoms with Crippen LogP contribution in [-0.2, 0) is 6.42 Å². The number of hydrogen-bond donors (Lipinski definition) is 0. The maximum Gasteiger partial charge on any atom is 0.193 e. The molecule has 0 aliphatic rings. The van der Waals surface area contributed by atoms with Gasteiger partial charge in [0.1, 0.15) is 11.6 Å². The van der Waals surface area contributed by atoms with E-state index in [2.05, 4.69) is 4.98 Å². The number of rotatable bonds is 3. The van der Waals surface area contributed by atoms with Crippen LogP contribution in [0, 0.1) is 11.6 Å². The molecule has 1 aromatic carbocycles. The van der Waals surface area contributed by atoms with Gasteiger partial charge in [0.15, 0.2) is 5.78 Å². The molecule has 18 heavy (non-hydrogen) atoms. The molecule has 0 fully saturated rings. The van der Waals surface area contributed by atoms with Crippen LogP contribution in [-0.4, -0.2) is 10.8 Å². The molecule has 0 saturated carbocycles. The van der Waals surface area contributed by atoms with Crippen molar-refractivity contribution in [2.75, 3.05) is 0 Å². The van der Waals surface area contributed by atoms with Gasteiger partial charge in [-0.2, -0.15) is 0 Å². The molecule has 2 aromatic rings. The summed E-state index contributed by atoms with van der Waals surface area (Å²) in [6, 6.07) is 4.37. The van der Waals surface area contributed by atoms with E-state index in [9.17, 15) is 13.6 Å². The number of aryl methyl sites for hydroxylation is 1. The van der Waals surface area contributed by atoms with Crippen molar-refractivity contribution < 1.29 is 13.6 Å². The van der Waals surface area contributed by atoms with Crippen molar-refractivity contribution in [1.29, 1.82) is 0 Å². The Morgan fingerprint density at radius 1 is 1.22 bits per heavy atom. The molecule has 0 saturated heterocycles. The lowest BCUT2D eigenvalue weighted by atomic mass is 9.99. The number of pyridine rings is 1. The fraction of sp³-hybridized carbons (Fsp3) is 0.143. The standard InChI is InChI=1S/C14H11F2NO/c1-2-9-8-17-4-3-13(9)14(18)10-5-11(15)7-12(16)6-10/h3-8H,2H2,1H3. The first kappa shape index (κ1) is 12.4. The third kappa shape index (κ3) is 2.42. The van der Waals surface area contributed by atoms with E-state index in [1.54, 1.807) is 12.3 Å². The van der Waals surface area contributed by atoms with Gasteiger partial charge in [0.2, 0.25) is 0 Å². The van der Waals surface area contributed by atoms with Crippen LogP contribution < -0.4 is 0 Å². The Kier molecular flexibility index (Phi) is 3.46. The van der Waals surface area contributed by atoms with Crippen molar-refractivity contribution in [3.63, 3.8) is 0 Å². The summed E-state index contributed by atoms with van der Waals surface area (Å²) in [6.45, 7) is 1.89. The highest BCUT2D eigenvalue weighted by Gasteiger charge is 2.14. The Balaban J connectivity index is 2.47. The molecule has 1 heterocycles. The zero-order valence-electron chi connectivity index (χ0n) is 9.78. The van der Waals surface area contributed by atoms with Crippen LogP contribution >= 0.6 is 0 Å². The minimum absolute atomic E-state index is 0.00778. The topological polar surface area (TPSA) is 30.0 Å². The Hall–Kier alpha value is -2.10. The average Bonchev–Trinajstić information content (AvgIpc) is 2.36. The molecule has 4 heteroatoms. The molecule has 0 spiro atoms. The number of aromatic nitrogens is 1. The third-order valence-corrected chi connectivity index (χ3v) is 2.65. The van der Waals surface area contributed by atoms with Gasteiger partial charge in [0.05, 0.1) is 0 Å². The molecular formula is C14H11F2NO. The quantitative estimate of drug-likeness (QED) is 0.780. The number of nitrogens with zero attached hydrogens (tertiary/aromatic N) is 1. The molecular weight excluding hydrogens is 236 g/mol. The van der Waals surface area contributed by atoms with Crippen molar-refractivity contribution in [3.8, 4) is 0 Å². The highest BCUT2D eigenvalue weighted by atomic mass is 19.1. The van der Waals surface area contributed by atoms with Gasteiger partial charge < -0.3 is 0 Å². The van der Waals surface area contributed by atoms with Crippen LogP contribution in [0.15, 0.2) is 36.7 Å². The van der Waals surface area contributed by atoms with E-state index in [1.165, 1.54) is 6.20 Å². The largest absolute Gasteiger partial charge is 0.289 e. The van der Waals surface area contributed by atoms with Crippen molar-refractivity contribution in [1.82, 2.24) is 4.98 Å². The van der Waals surface area contributed by atoms with Gasteiger partial charge in [0, 0.05) is 29.6 Å². The van der Waals surface area contributed by atoms with Crippen LogP contribution in [0.25, 0.3) is 0 Å². The Bertz CT molecular complexity index is 576. The fourth-order valence-corrected chi connectivity index (χ4v) is 1.77. The number of ketones is 1. The molecule has 0 unspecified atom stereocenters. The zero-order valence-corrected chi connectivity index (χ0v) is 9.78. The summed E-state index contributed by atoms with van der Waals surface area (Å²) in [7, 11) is 0. The molecule has 0 radical (unpaired) electrons. The first-order chi connectivity index (χ1) is 8.61. The fourth-order valence-electron chi connectivity index (χ4n) is 1.77. The third-order valence-electron chi connectivity index (χ3n) is 2.65. The van der Waals surface area contributed by atoms with E-state index < -0.39 is 17.4 Å². The lowest BCUT2D eigenvalue weighted by Crippen LogP contribution is -2.06. The Labute approximate surface area is 103 Å². The zero-order chi connectivity index (χ0) is 13.1. The number of carbonyl (C=O) groups is 1. The van der Waals surface area contributed by atoms with E-state index in [4.69, 9.17) is 0 Å². The number of benzene rings is 1. The van der Waals surface area contributed by atoms with E-state index in [-0.39, 0.29) is 5.56 Å². The minimum atomic E-state index is -0.759. The van der Waals surface area contributed by atoms with Crippen molar-refractivity contribution in [2.24, 2.45) is 0 Å². The Morgan fingerprint density at radius 2 is 1.89 bits per heavy atom.